The standard InChI is InChI=1S/C20H21BrN2O4S/c1-26-17-9-8-16(12-18(17)27-2)28-13-19(24)22-10-3-11-23(22)20(25)14-4-6-15(21)7-5-14/h4-9,12H,3,10-11,13H2,1-2H3. The summed E-state index contributed by atoms with van der Waals surface area (Å²) in [6, 6.07) is 12.7. The van der Waals surface area contributed by atoms with Gasteiger partial charge in [-0.15, -0.1) is 11.8 Å². The molecule has 0 radical (unpaired) electrons. The summed E-state index contributed by atoms with van der Waals surface area (Å²) in [6.45, 7) is 1.09. The summed E-state index contributed by atoms with van der Waals surface area (Å²) in [5.41, 5.74) is 0.565. The van der Waals surface area contributed by atoms with E-state index in [0.29, 0.717) is 30.2 Å². The fourth-order valence-corrected chi connectivity index (χ4v) is 4.01. The number of rotatable bonds is 6. The highest BCUT2D eigenvalue weighted by Gasteiger charge is 2.31. The molecular formula is C20H21BrN2O4S. The van der Waals surface area contributed by atoms with Gasteiger partial charge in [0.1, 0.15) is 0 Å². The summed E-state index contributed by atoms with van der Waals surface area (Å²) < 4.78 is 11.4. The van der Waals surface area contributed by atoms with Gasteiger partial charge >= 0.3 is 0 Å². The van der Waals surface area contributed by atoms with E-state index in [-0.39, 0.29) is 17.6 Å². The van der Waals surface area contributed by atoms with Crippen molar-refractivity contribution in [3.8, 4) is 11.5 Å². The van der Waals surface area contributed by atoms with Gasteiger partial charge in [-0.05, 0) is 48.9 Å². The third kappa shape index (κ3) is 4.62. The lowest BCUT2D eigenvalue weighted by atomic mass is 10.2. The lowest BCUT2D eigenvalue weighted by Gasteiger charge is -2.28. The Morgan fingerprint density at radius 2 is 1.68 bits per heavy atom. The Bertz CT molecular complexity index is 860. The van der Waals surface area contributed by atoms with E-state index in [0.717, 1.165) is 15.8 Å². The second-order valence-corrected chi connectivity index (χ2v) is 8.08. The van der Waals surface area contributed by atoms with Gasteiger partial charge in [-0.1, -0.05) is 15.9 Å². The highest BCUT2D eigenvalue weighted by Crippen LogP contribution is 2.32. The Hall–Kier alpha value is -2.19. The predicted molar refractivity (Wildman–Crippen MR) is 112 cm³/mol. The molecule has 0 unspecified atom stereocenters. The number of methoxy groups -OCH3 is 2. The molecule has 0 aromatic heterocycles. The fraction of sp³-hybridized carbons (Fsp3) is 0.300. The number of carbonyl (C=O) groups is 2. The van der Waals surface area contributed by atoms with Crippen LogP contribution in [-0.2, 0) is 4.79 Å². The van der Waals surface area contributed by atoms with Gasteiger partial charge in [0.15, 0.2) is 11.5 Å². The SMILES string of the molecule is COc1ccc(SCC(=O)N2CCCN2C(=O)c2ccc(Br)cc2)cc1OC. The summed E-state index contributed by atoms with van der Waals surface area (Å²) in [5, 5.41) is 3.10. The minimum atomic E-state index is -0.158. The van der Waals surface area contributed by atoms with Gasteiger partial charge in [-0.2, -0.15) is 0 Å². The zero-order valence-electron chi connectivity index (χ0n) is 15.7. The number of thioether (sulfide) groups is 1. The van der Waals surface area contributed by atoms with Crippen LogP contribution < -0.4 is 9.47 Å². The van der Waals surface area contributed by atoms with Crippen molar-refractivity contribution in [2.24, 2.45) is 0 Å². The summed E-state index contributed by atoms with van der Waals surface area (Å²) in [6.07, 6.45) is 0.773. The van der Waals surface area contributed by atoms with Gasteiger partial charge < -0.3 is 9.47 Å². The van der Waals surface area contributed by atoms with Crippen LogP contribution in [0.2, 0.25) is 0 Å². The van der Waals surface area contributed by atoms with Crippen molar-refractivity contribution in [2.75, 3.05) is 33.1 Å². The topological polar surface area (TPSA) is 59.1 Å². The molecule has 0 aliphatic carbocycles. The van der Waals surface area contributed by atoms with E-state index < -0.39 is 0 Å². The molecule has 1 aliphatic heterocycles. The fourth-order valence-electron chi connectivity index (χ4n) is 2.95. The van der Waals surface area contributed by atoms with Gasteiger partial charge in [0.2, 0.25) is 0 Å². The summed E-state index contributed by atoms with van der Waals surface area (Å²) in [4.78, 5) is 26.4. The average Bonchev–Trinajstić information content (AvgIpc) is 3.21. The number of carbonyl (C=O) groups excluding carboxylic acids is 2. The van der Waals surface area contributed by atoms with E-state index >= 15 is 0 Å². The predicted octanol–water partition coefficient (Wildman–Crippen LogP) is 3.85. The number of ether oxygens (including phenoxy) is 2. The van der Waals surface area contributed by atoms with Crippen molar-refractivity contribution in [1.82, 2.24) is 10.0 Å². The van der Waals surface area contributed by atoms with Crippen LogP contribution in [0.25, 0.3) is 0 Å². The minimum absolute atomic E-state index is 0.0947. The Balaban J connectivity index is 1.65. The van der Waals surface area contributed by atoms with Gasteiger partial charge in [-0.3, -0.25) is 14.6 Å². The molecule has 148 valence electrons. The van der Waals surface area contributed by atoms with Crippen molar-refractivity contribution in [3.05, 3.63) is 52.5 Å². The number of hydrogen-bond donors (Lipinski definition) is 0. The molecule has 1 fully saturated rings. The monoisotopic (exact) mass is 464 g/mol. The highest BCUT2D eigenvalue weighted by atomic mass is 79.9. The molecular weight excluding hydrogens is 444 g/mol. The van der Waals surface area contributed by atoms with Crippen LogP contribution >= 0.6 is 27.7 Å². The first-order valence-electron chi connectivity index (χ1n) is 8.76. The van der Waals surface area contributed by atoms with Crippen LogP contribution in [0.15, 0.2) is 51.8 Å². The Kier molecular flexibility index (Phi) is 6.85. The van der Waals surface area contributed by atoms with Gasteiger partial charge in [-0.25, -0.2) is 5.01 Å². The van der Waals surface area contributed by atoms with E-state index in [1.165, 1.54) is 11.8 Å². The van der Waals surface area contributed by atoms with Gasteiger partial charge in [0.05, 0.1) is 20.0 Å². The molecule has 6 nitrogen and oxygen atoms in total. The van der Waals surface area contributed by atoms with Crippen molar-refractivity contribution < 1.29 is 19.1 Å². The maximum atomic E-state index is 12.8. The van der Waals surface area contributed by atoms with Crippen LogP contribution in [-0.4, -0.2) is 54.9 Å². The molecule has 28 heavy (non-hydrogen) atoms. The van der Waals surface area contributed by atoms with Crippen molar-refractivity contribution in [1.29, 1.82) is 0 Å². The Morgan fingerprint density at radius 1 is 1.00 bits per heavy atom. The number of amides is 2. The third-order valence-corrected chi connectivity index (χ3v) is 5.87. The normalized spacial score (nSPS) is 13.5. The molecule has 0 saturated carbocycles. The van der Waals surface area contributed by atoms with E-state index in [1.54, 1.807) is 36.4 Å². The van der Waals surface area contributed by atoms with Crippen molar-refractivity contribution in [3.63, 3.8) is 0 Å². The van der Waals surface area contributed by atoms with E-state index in [4.69, 9.17) is 9.47 Å². The molecule has 0 atom stereocenters. The lowest BCUT2D eigenvalue weighted by Crippen LogP contribution is -2.45. The molecule has 8 heteroatoms. The second-order valence-electron chi connectivity index (χ2n) is 6.11. The van der Waals surface area contributed by atoms with E-state index in [9.17, 15) is 9.59 Å². The number of halogens is 1. The van der Waals surface area contributed by atoms with Crippen LogP contribution in [0.4, 0.5) is 0 Å². The molecule has 2 aromatic carbocycles. The molecule has 0 spiro atoms. The van der Waals surface area contributed by atoms with Crippen molar-refractivity contribution >= 4 is 39.5 Å². The minimum Gasteiger partial charge on any atom is -0.493 e. The van der Waals surface area contributed by atoms with Crippen LogP contribution in [0.1, 0.15) is 16.8 Å². The maximum absolute atomic E-state index is 12.8. The molecule has 1 saturated heterocycles. The number of hydrazine groups is 1. The number of nitrogens with zero attached hydrogens (tertiary/aromatic N) is 2. The average molecular weight is 465 g/mol. The summed E-state index contributed by atoms with van der Waals surface area (Å²) in [7, 11) is 3.16. The molecule has 2 aromatic rings. The van der Waals surface area contributed by atoms with Crippen LogP contribution in [0.3, 0.4) is 0 Å². The summed E-state index contributed by atoms with van der Waals surface area (Å²) in [5.74, 6) is 1.24. The third-order valence-electron chi connectivity index (χ3n) is 4.36. The first-order chi connectivity index (χ1) is 13.5. The second kappa shape index (κ2) is 9.34. The van der Waals surface area contributed by atoms with E-state index in [1.807, 2.05) is 30.3 Å². The van der Waals surface area contributed by atoms with Crippen LogP contribution in [0.5, 0.6) is 11.5 Å². The Morgan fingerprint density at radius 3 is 2.36 bits per heavy atom. The molecule has 0 N–H and O–H groups in total. The Labute approximate surface area is 176 Å². The van der Waals surface area contributed by atoms with Crippen LogP contribution in [0, 0.1) is 0 Å². The maximum Gasteiger partial charge on any atom is 0.272 e. The van der Waals surface area contributed by atoms with E-state index in [2.05, 4.69) is 15.9 Å². The first kappa shape index (κ1) is 20.5. The molecule has 2 amide bonds. The lowest BCUT2D eigenvalue weighted by molar-refractivity contribution is -0.137. The van der Waals surface area contributed by atoms with Crippen molar-refractivity contribution in [2.45, 2.75) is 11.3 Å². The molecule has 1 heterocycles. The van der Waals surface area contributed by atoms with Gasteiger partial charge in [0, 0.05) is 28.0 Å². The van der Waals surface area contributed by atoms with Gasteiger partial charge in [0.25, 0.3) is 11.8 Å². The zero-order chi connectivity index (χ0) is 20.1. The molecule has 3 rings (SSSR count). The smallest absolute Gasteiger partial charge is 0.272 e. The summed E-state index contributed by atoms with van der Waals surface area (Å²) >= 11 is 4.77. The zero-order valence-corrected chi connectivity index (χ0v) is 18.1. The quantitative estimate of drug-likeness (QED) is 0.607. The number of hydrogen-bond acceptors (Lipinski definition) is 5. The largest absolute Gasteiger partial charge is 0.493 e. The molecule has 1 aliphatic rings. The molecule has 0 bridgehead atoms. The highest BCUT2D eigenvalue weighted by molar-refractivity contribution is 9.10. The first-order valence-corrected chi connectivity index (χ1v) is 10.5. The number of benzene rings is 2.